The van der Waals surface area contributed by atoms with Crippen LogP contribution in [0.2, 0.25) is 0 Å². The second kappa shape index (κ2) is 5.42. The highest BCUT2D eigenvalue weighted by molar-refractivity contribution is 7.21. The summed E-state index contributed by atoms with van der Waals surface area (Å²) in [6.07, 6.45) is 1.02. The fourth-order valence-corrected chi connectivity index (χ4v) is 3.59. The van der Waals surface area contributed by atoms with Crippen molar-refractivity contribution in [3.8, 4) is 0 Å². The number of ether oxygens (including phenoxy) is 1. The van der Waals surface area contributed by atoms with Gasteiger partial charge in [0.1, 0.15) is 4.88 Å². The number of nitrogens with two attached hydrogens (primary N) is 1. The maximum absolute atomic E-state index is 12.3. The first-order chi connectivity index (χ1) is 9.65. The van der Waals surface area contributed by atoms with Crippen molar-refractivity contribution >= 4 is 33.0 Å². The van der Waals surface area contributed by atoms with E-state index >= 15 is 0 Å². The Bertz CT molecular complexity index is 645. The third-order valence-electron chi connectivity index (χ3n) is 3.67. The van der Waals surface area contributed by atoms with Crippen molar-refractivity contribution in [2.75, 3.05) is 25.5 Å². The molecule has 0 radical (unpaired) electrons. The van der Waals surface area contributed by atoms with Gasteiger partial charge in [-0.2, -0.15) is 0 Å². The van der Waals surface area contributed by atoms with Crippen molar-refractivity contribution in [3.63, 3.8) is 0 Å². The molecule has 1 aromatic heterocycles. The first-order valence-electron chi connectivity index (χ1n) is 6.79. The van der Waals surface area contributed by atoms with Crippen LogP contribution < -0.4 is 11.1 Å². The molecule has 0 saturated carbocycles. The number of nitrogen functional groups attached to an aromatic ring is 1. The first kappa shape index (κ1) is 13.4. The van der Waals surface area contributed by atoms with Crippen LogP contribution in [0.5, 0.6) is 0 Å². The van der Waals surface area contributed by atoms with Crippen LogP contribution in [-0.4, -0.2) is 25.7 Å². The molecular formula is C15H18N2O2S. The molecule has 0 aliphatic carbocycles. The number of aryl methyl sites for hydroxylation is 1. The van der Waals surface area contributed by atoms with Gasteiger partial charge in [0, 0.05) is 29.2 Å². The summed E-state index contributed by atoms with van der Waals surface area (Å²) in [6, 6.07) is 6.07. The Morgan fingerprint density at radius 2 is 2.40 bits per heavy atom. The average Bonchev–Trinajstić information content (AvgIpc) is 3.04. The fourth-order valence-electron chi connectivity index (χ4n) is 2.45. The third kappa shape index (κ3) is 2.51. The van der Waals surface area contributed by atoms with Crippen LogP contribution in [0.3, 0.4) is 0 Å². The summed E-state index contributed by atoms with van der Waals surface area (Å²) >= 11 is 1.46. The van der Waals surface area contributed by atoms with Crippen LogP contribution in [0.4, 0.5) is 5.69 Å². The zero-order valence-electron chi connectivity index (χ0n) is 11.4. The summed E-state index contributed by atoms with van der Waals surface area (Å²) in [5.41, 5.74) is 7.86. The van der Waals surface area contributed by atoms with Crippen molar-refractivity contribution in [2.24, 2.45) is 5.92 Å². The van der Waals surface area contributed by atoms with E-state index in [1.165, 1.54) is 16.9 Å². The van der Waals surface area contributed by atoms with Crippen LogP contribution in [0, 0.1) is 12.8 Å². The molecule has 1 fully saturated rings. The Kier molecular flexibility index (Phi) is 3.63. The minimum atomic E-state index is -0.0757. The molecule has 1 atom stereocenters. The second-order valence-corrected chi connectivity index (χ2v) is 6.34. The van der Waals surface area contributed by atoms with Gasteiger partial charge in [-0.1, -0.05) is 12.1 Å². The van der Waals surface area contributed by atoms with E-state index in [2.05, 4.69) is 11.4 Å². The number of amides is 1. The number of rotatable bonds is 3. The molecule has 0 bridgehead atoms. The quantitative estimate of drug-likeness (QED) is 0.913. The number of hydrogen-bond acceptors (Lipinski definition) is 4. The highest BCUT2D eigenvalue weighted by Gasteiger charge is 2.20. The molecule has 1 unspecified atom stereocenters. The number of nitrogens with one attached hydrogen (secondary N) is 1. The minimum absolute atomic E-state index is 0.0757. The highest BCUT2D eigenvalue weighted by Crippen LogP contribution is 2.34. The topological polar surface area (TPSA) is 64.4 Å². The summed E-state index contributed by atoms with van der Waals surface area (Å²) in [6.45, 7) is 4.23. The van der Waals surface area contributed by atoms with Gasteiger partial charge in [0.2, 0.25) is 0 Å². The predicted octanol–water partition coefficient (Wildman–Crippen LogP) is 2.56. The lowest BCUT2D eigenvalue weighted by molar-refractivity contribution is 0.0950. The van der Waals surface area contributed by atoms with Gasteiger partial charge in [0.05, 0.1) is 12.3 Å². The zero-order valence-corrected chi connectivity index (χ0v) is 12.3. The van der Waals surface area contributed by atoms with Gasteiger partial charge in [-0.05, 0) is 25.0 Å². The van der Waals surface area contributed by atoms with Crippen LogP contribution in [-0.2, 0) is 4.74 Å². The van der Waals surface area contributed by atoms with Crippen LogP contribution in [0.1, 0.15) is 21.7 Å². The third-order valence-corrected chi connectivity index (χ3v) is 4.83. The van der Waals surface area contributed by atoms with Crippen molar-refractivity contribution in [1.29, 1.82) is 0 Å². The van der Waals surface area contributed by atoms with E-state index in [0.717, 1.165) is 29.7 Å². The summed E-state index contributed by atoms with van der Waals surface area (Å²) in [5, 5.41) is 3.94. The van der Waals surface area contributed by atoms with Gasteiger partial charge < -0.3 is 15.8 Å². The molecule has 1 amide bonds. The van der Waals surface area contributed by atoms with E-state index < -0.39 is 0 Å². The van der Waals surface area contributed by atoms with E-state index in [4.69, 9.17) is 10.5 Å². The van der Waals surface area contributed by atoms with Gasteiger partial charge in [0.25, 0.3) is 5.91 Å². The highest BCUT2D eigenvalue weighted by atomic mass is 32.1. The van der Waals surface area contributed by atoms with E-state index in [-0.39, 0.29) is 5.91 Å². The fraction of sp³-hybridized carbons (Fsp3) is 0.400. The van der Waals surface area contributed by atoms with E-state index in [1.54, 1.807) is 0 Å². The monoisotopic (exact) mass is 290 g/mol. The lowest BCUT2D eigenvalue weighted by atomic mass is 10.1. The largest absolute Gasteiger partial charge is 0.397 e. The zero-order chi connectivity index (χ0) is 14.1. The Balaban J connectivity index is 1.78. The summed E-state index contributed by atoms with van der Waals surface area (Å²) in [7, 11) is 0. The number of thiophene rings is 1. The molecular weight excluding hydrogens is 272 g/mol. The lowest BCUT2D eigenvalue weighted by Gasteiger charge is -2.08. The van der Waals surface area contributed by atoms with Crippen molar-refractivity contribution in [1.82, 2.24) is 5.32 Å². The van der Waals surface area contributed by atoms with Crippen LogP contribution in [0.25, 0.3) is 10.1 Å². The maximum atomic E-state index is 12.3. The van der Waals surface area contributed by atoms with Crippen molar-refractivity contribution in [3.05, 3.63) is 28.6 Å². The minimum Gasteiger partial charge on any atom is -0.397 e. The molecule has 20 heavy (non-hydrogen) atoms. The molecule has 0 spiro atoms. The number of anilines is 1. The van der Waals surface area contributed by atoms with Gasteiger partial charge in [0.15, 0.2) is 0 Å². The number of fused-ring (bicyclic) bond motifs is 1. The number of hydrogen-bond donors (Lipinski definition) is 2. The van der Waals surface area contributed by atoms with E-state index in [0.29, 0.717) is 23.0 Å². The van der Waals surface area contributed by atoms with Crippen LogP contribution in [0.15, 0.2) is 18.2 Å². The van der Waals surface area contributed by atoms with Crippen molar-refractivity contribution in [2.45, 2.75) is 13.3 Å². The first-order valence-corrected chi connectivity index (χ1v) is 7.61. The molecule has 5 heteroatoms. The number of benzene rings is 1. The van der Waals surface area contributed by atoms with Gasteiger partial charge in [-0.15, -0.1) is 11.3 Å². The Morgan fingerprint density at radius 1 is 1.55 bits per heavy atom. The lowest BCUT2D eigenvalue weighted by Crippen LogP contribution is -2.29. The van der Waals surface area contributed by atoms with Crippen LogP contribution >= 0.6 is 11.3 Å². The summed E-state index contributed by atoms with van der Waals surface area (Å²) in [5.74, 6) is 0.352. The van der Waals surface area contributed by atoms with Gasteiger partial charge in [-0.25, -0.2) is 0 Å². The Labute approximate surface area is 121 Å². The van der Waals surface area contributed by atoms with Gasteiger partial charge >= 0.3 is 0 Å². The Hall–Kier alpha value is -1.59. The SMILES string of the molecule is Cc1ccc2c(N)c(C(=O)NCC3CCOC3)sc2c1. The molecule has 1 saturated heterocycles. The summed E-state index contributed by atoms with van der Waals surface area (Å²) < 4.78 is 6.37. The molecule has 1 aromatic carbocycles. The van der Waals surface area contributed by atoms with E-state index in [9.17, 15) is 4.79 Å². The Morgan fingerprint density at radius 3 is 3.15 bits per heavy atom. The number of carbonyl (C=O) groups excluding carboxylic acids is 1. The molecule has 1 aliphatic rings. The second-order valence-electron chi connectivity index (χ2n) is 5.28. The summed E-state index contributed by atoms with van der Waals surface area (Å²) in [4.78, 5) is 12.9. The molecule has 2 aromatic rings. The molecule has 2 heterocycles. The molecule has 106 valence electrons. The molecule has 3 rings (SSSR count). The van der Waals surface area contributed by atoms with E-state index in [1.807, 2.05) is 19.1 Å². The molecule has 3 N–H and O–H groups in total. The normalized spacial score (nSPS) is 18.6. The molecule has 4 nitrogen and oxygen atoms in total. The predicted molar refractivity (Wildman–Crippen MR) is 82.2 cm³/mol. The van der Waals surface area contributed by atoms with Crippen molar-refractivity contribution < 1.29 is 9.53 Å². The maximum Gasteiger partial charge on any atom is 0.263 e. The molecule has 1 aliphatic heterocycles. The average molecular weight is 290 g/mol. The number of carbonyl (C=O) groups is 1. The van der Waals surface area contributed by atoms with Gasteiger partial charge in [-0.3, -0.25) is 4.79 Å². The smallest absolute Gasteiger partial charge is 0.263 e. The standard InChI is InChI=1S/C15H18N2O2S/c1-9-2-3-11-12(6-9)20-14(13(11)16)15(18)17-7-10-4-5-19-8-10/h2-3,6,10H,4-5,7-8,16H2,1H3,(H,17,18).